The Labute approximate surface area is 121 Å². The normalized spacial score (nSPS) is 12.1. The maximum absolute atomic E-state index is 11.9. The number of anilines is 1. The van der Waals surface area contributed by atoms with Crippen LogP contribution in [0.4, 0.5) is 5.69 Å². The number of nitrogens with two attached hydrogens (primary N) is 1. The summed E-state index contributed by atoms with van der Waals surface area (Å²) in [4.78, 5) is 24.7. The molecule has 0 bridgehead atoms. The molecule has 106 valence electrons. The Kier molecular flexibility index (Phi) is 4.57. The van der Waals surface area contributed by atoms with Crippen molar-refractivity contribution < 1.29 is 4.79 Å². The third kappa shape index (κ3) is 3.96. The summed E-state index contributed by atoms with van der Waals surface area (Å²) in [6.07, 6.45) is 2.26. The molecular formula is C14H17N3O2S. The van der Waals surface area contributed by atoms with Gasteiger partial charge in [-0.2, -0.15) is 0 Å². The molecule has 2 aromatic rings. The van der Waals surface area contributed by atoms with Crippen LogP contribution in [0.5, 0.6) is 0 Å². The van der Waals surface area contributed by atoms with Gasteiger partial charge >= 0.3 is 0 Å². The predicted molar refractivity (Wildman–Crippen MR) is 80.7 cm³/mol. The average molecular weight is 291 g/mol. The highest BCUT2D eigenvalue weighted by atomic mass is 32.1. The van der Waals surface area contributed by atoms with Gasteiger partial charge in [-0.3, -0.25) is 9.59 Å². The van der Waals surface area contributed by atoms with E-state index < -0.39 is 0 Å². The van der Waals surface area contributed by atoms with E-state index in [-0.39, 0.29) is 24.1 Å². The molecule has 0 aliphatic heterocycles. The van der Waals surface area contributed by atoms with Gasteiger partial charge < -0.3 is 15.6 Å². The number of thiophene rings is 1. The molecule has 0 radical (unpaired) electrons. The van der Waals surface area contributed by atoms with Crippen LogP contribution in [-0.2, 0) is 17.8 Å². The maximum atomic E-state index is 11.9. The fraction of sp³-hybridized carbons (Fsp3) is 0.286. The lowest BCUT2D eigenvalue weighted by Gasteiger charge is -2.13. The number of amides is 1. The second-order valence-corrected chi connectivity index (χ2v) is 5.71. The summed E-state index contributed by atoms with van der Waals surface area (Å²) < 4.78 is 1.31. The summed E-state index contributed by atoms with van der Waals surface area (Å²) in [5.41, 5.74) is 5.83. The number of pyridine rings is 1. The maximum Gasteiger partial charge on any atom is 0.251 e. The summed E-state index contributed by atoms with van der Waals surface area (Å²) >= 11 is 1.66. The van der Waals surface area contributed by atoms with Gasteiger partial charge in [0.05, 0.1) is 0 Å². The van der Waals surface area contributed by atoms with Gasteiger partial charge in [-0.1, -0.05) is 6.07 Å². The molecule has 0 aromatic carbocycles. The van der Waals surface area contributed by atoms with E-state index in [4.69, 9.17) is 5.73 Å². The van der Waals surface area contributed by atoms with Crippen LogP contribution < -0.4 is 16.6 Å². The van der Waals surface area contributed by atoms with Crippen molar-refractivity contribution in [1.82, 2.24) is 9.88 Å². The van der Waals surface area contributed by atoms with Crippen molar-refractivity contribution in [1.29, 1.82) is 0 Å². The summed E-state index contributed by atoms with van der Waals surface area (Å²) in [5.74, 6) is -0.193. The molecule has 6 heteroatoms. The predicted octanol–water partition coefficient (Wildman–Crippen LogP) is 1.24. The quantitative estimate of drug-likeness (QED) is 0.870. The monoisotopic (exact) mass is 291 g/mol. The zero-order chi connectivity index (χ0) is 14.5. The smallest absolute Gasteiger partial charge is 0.251 e. The number of rotatable bonds is 5. The van der Waals surface area contributed by atoms with Gasteiger partial charge in [0, 0.05) is 35.3 Å². The minimum absolute atomic E-state index is 0.0152. The SMILES string of the molecule is CC(Cc1cccs1)NC(=O)Cn1cc(N)ccc1=O. The Morgan fingerprint density at radius 2 is 2.25 bits per heavy atom. The lowest BCUT2D eigenvalue weighted by atomic mass is 10.2. The van der Waals surface area contributed by atoms with E-state index in [0.717, 1.165) is 6.42 Å². The number of nitrogens with one attached hydrogen (secondary N) is 1. The number of nitrogens with zero attached hydrogens (tertiary/aromatic N) is 1. The van der Waals surface area contributed by atoms with Gasteiger partial charge in [0.2, 0.25) is 5.91 Å². The van der Waals surface area contributed by atoms with Crippen molar-refractivity contribution in [2.45, 2.75) is 25.9 Å². The van der Waals surface area contributed by atoms with Crippen molar-refractivity contribution in [3.63, 3.8) is 0 Å². The molecule has 20 heavy (non-hydrogen) atoms. The molecule has 2 rings (SSSR count). The fourth-order valence-corrected chi connectivity index (χ4v) is 2.77. The molecule has 1 unspecified atom stereocenters. The highest BCUT2D eigenvalue weighted by Crippen LogP contribution is 2.10. The first-order chi connectivity index (χ1) is 9.54. The first-order valence-corrected chi connectivity index (χ1v) is 7.20. The van der Waals surface area contributed by atoms with Gasteiger partial charge in [-0.15, -0.1) is 11.3 Å². The molecule has 0 aliphatic rings. The lowest BCUT2D eigenvalue weighted by molar-refractivity contribution is -0.122. The summed E-state index contributed by atoms with van der Waals surface area (Å²) in [6, 6.07) is 6.93. The third-order valence-electron chi connectivity index (χ3n) is 2.82. The minimum atomic E-state index is -0.236. The molecule has 0 fully saturated rings. The van der Waals surface area contributed by atoms with Crippen molar-refractivity contribution >= 4 is 22.9 Å². The molecule has 5 nitrogen and oxygen atoms in total. The summed E-state index contributed by atoms with van der Waals surface area (Å²) in [7, 11) is 0. The number of hydrogen-bond acceptors (Lipinski definition) is 4. The second-order valence-electron chi connectivity index (χ2n) is 4.68. The number of nitrogen functional groups attached to an aromatic ring is 1. The van der Waals surface area contributed by atoms with E-state index in [0.29, 0.717) is 5.69 Å². The zero-order valence-electron chi connectivity index (χ0n) is 11.2. The van der Waals surface area contributed by atoms with E-state index in [1.165, 1.54) is 27.8 Å². The Bertz CT molecular complexity index is 634. The van der Waals surface area contributed by atoms with Crippen LogP contribution >= 0.6 is 11.3 Å². The lowest BCUT2D eigenvalue weighted by Crippen LogP contribution is -2.38. The molecular weight excluding hydrogens is 274 g/mol. The Morgan fingerprint density at radius 3 is 2.95 bits per heavy atom. The molecule has 1 amide bonds. The first kappa shape index (κ1) is 14.3. The largest absolute Gasteiger partial charge is 0.398 e. The number of aromatic nitrogens is 1. The van der Waals surface area contributed by atoms with Crippen molar-refractivity contribution in [3.05, 3.63) is 51.1 Å². The van der Waals surface area contributed by atoms with Gasteiger partial charge in [0.1, 0.15) is 6.54 Å². The van der Waals surface area contributed by atoms with E-state index in [1.807, 2.05) is 24.4 Å². The molecule has 0 saturated carbocycles. The van der Waals surface area contributed by atoms with Gasteiger partial charge in [0.25, 0.3) is 5.56 Å². The van der Waals surface area contributed by atoms with Crippen LogP contribution in [0, 0.1) is 0 Å². The van der Waals surface area contributed by atoms with Crippen LogP contribution in [0.3, 0.4) is 0 Å². The number of carbonyl (C=O) groups is 1. The van der Waals surface area contributed by atoms with Crippen LogP contribution in [0.25, 0.3) is 0 Å². The highest BCUT2D eigenvalue weighted by Gasteiger charge is 2.10. The molecule has 2 aromatic heterocycles. The Balaban J connectivity index is 1.92. The van der Waals surface area contributed by atoms with Gasteiger partial charge in [-0.05, 0) is 24.4 Å². The van der Waals surface area contributed by atoms with Crippen molar-refractivity contribution in [2.24, 2.45) is 0 Å². The van der Waals surface area contributed by atoms with Crippen LogP contribution in [0.1, 0.15) is 11.8 Å². The number of hydrogen-bond donors (Lipinski definition) is 2. The van der Waals surface area contributed by atoms with Crippen LogP contribution in [0.2, 0.25) is 0 Å². The van der Waals surface area contributed by atoms with Gasteiger partial charge in [-0.25, -0.2) is 0 Å². The topological polar surface area (TPSA) is 77.1 Å². The van der Waals surface area contributed by atoms with E-state index in [1.54, 1.807) is 11.3 Å². The summed E-state index contributed by atoms with van der Waals surface area (Å²) in [6.45, 7) is 1.93. The molecule has 0 saturated heterocycles. The van der Waals surface area contributed by atoms with Crippen LogP contribution in [-0.4, -0.2) is 16.5 Å². The van der Waals surface area contributed by atoms with E-state index in [2.05, 4.69) is 5.32 Å². The standard InChI is InChI=1S/C14H17N3O2S/c1-10(7-12-3-2-6-20-12)16-13(18)9-17-8-11(15)4-5-14(17)19/h2-6,8,10H,7,9,15H2,1H3,(H,16,18). The summed E-state index contributed by atoms with van der Waals surface area (Å²) in [5, 5.41) is 4.89. The number of carbonyl (C=O) groups excluding carboxylic acids is 1. The molecule has 0 aliphatic carbocycles. The van der Waals surface area contributed by atoms with E-state index >= 15 is 0 Å². The second kappa shape index (κ2) is 6.38. The molecule has 2 heterocycles. The molecule has 1 atom stereocenters. The fourth-order valence-electron chi connectivity index (χ4n) is 1.93. The zero-order valence-corrected chi connectivity index (χ0v) is 12.0. The highest BCUT2D eigenvalue weighted by molar-refractivity contribution is 7.09. The average Bonchev–Trinajstić information content (AvgIpc) is 2.86. The first-order valence-electron chi connectivity index (χ1n) is 6.32. The molecule has 3 N–H and O–H groups in total. The van der Waals surface area contributed by atoms with E-state index in [9.17, 15) is 9.59 Å². The van der Waals surface area contributed by atoms with Crippen LogP contribution in [0.15, 0.2) is 40.6 Å². The Morgan fingerprint density at radius 1 is 1.45 bits per heavy atom. The minimum Gasteiger partial charge on any atom is -0.398 e. The Hall–Kier alpha value is -2.08. The van der Waals surface area contributed by atoms with Gasteiger partial charge in [0.15, 0.2) is 0 Å². The molecule has 0 spiro atoms. The van der Waals surface area contributed by atoms with Crippen molar-refractivity contribution in [2.75, 3.05) is 5.73 Å². The third-order valence-corrected chi connectivity index (χ3v) is 3.71. The van der Waals surface area contributed by atoms with Crippen molar-refractivity contribution in [3.8, 4) is 0 Å².